The molecule has 1 unspecified atom stereocenters. The summed E-state index contributed by atoms with van der Waals surface area (Å²) in [6, 6.07) is 18.5. The molecule has 0 aliphatic carbocycles. The SMILES string of the molecule is C[C@H](CNC(C(N)=O)c1ccccc1)c1ccc(C#N)cc1. The van der Waals surface area contributed by atoms with Crippen molar-refractivity contribution in [3.05, 3.63) is 71.3 Å². The molecule has 2 aromatic rings. The molecule has 0 saturated heterocycles. The van der Waals surface area contributed by atoms with E-state index in [4.69, 9.17) is 11.0 Å². The lowest BCUT2D eigenvalue weighted by Gasteiger charge is -2.19. The number of primary amides is 1. The molecule has 1 amide bonds. The van der Waals surface area contributed by atoms with Crippen molar-refractivity contribution >= 4 is 5.91 Å². The van der Waals surface area contributed by atoms with E-state index >= 15 is 0 Å². The van der Waals surface area contributed by atoms with Crippen molar-refractivity contribution in [3.63, 3.8) is 0 Å². The Balaban J connectivity index is 2.03. The lowest BCUT2D eigenvalue weighted by molar-refractivity contribution is -0.120. The number of nitriles is 1. The molecule has 2 aromatic carbocycles. The smallest absolute Gasteiger partial charge is 0.239 e. The van der Waals surface area contributed by atoms with Gasteiger partial charge in [-0.3, -0.25) is 4.79 Å². The summed E-state index contributed by atoms with van der Waals surface area (Å²) < 4.78 is 0. The maximum atomic E-state index is 11.7. The molecular weight excluding hydrogens is 274 g/mol. The number of nitrogens with zero attached hydrogens (tertiary/aromatic N) is 1. The fourth-order valence-electron chi connectivity index (χ4n) is 2.33. The van der Waals surface area contributed by atoms with Gasteiger partial charge >= 0.3 is 0 Å². The van der Waals surface area contributed by atoms with E-state index in [1.165, 1.54) is 0 Å². The number of hydrogen-bond donors (Lipinski definition) is 2. The molecule has 2 rings (SSSR count). The summed E-state index contributed by atoms with van der Waals surface area (Å²) in [5.74, 6) is -0.184. The molecule has 22 heavy (non-hydrogen) atoms. The molecule has 112 valence electrons. The Morgan fingerprint density at radius 2 is 1.77 bits per heavy atom. The van der Waals surface area contributed by atoms with Crippen molar-refractivity contribution in [1.82, 2.24) is 5.32 Å². The highest BCUT2D eigenvalue weighted by Gasteiger charge is 2.18. The molecule has 0 spiro atoms. The second kappa shape index (κ2) is 7.39. The van der Waals surface area contributed by atoms with Crippen molar-refractivity contribution in [2.45, 2.75) is 18.9 Å². The minimum absolute atomic E-state index is 0.207. The van der Waals surface area contributed by atoms with E-state index < -0.39 is 11.9 Å². The van der Waals surface area contributed by atoms with Gasteiger partial charge in [0.1, 0.15) is 6.04 Å². The first kappa shape index (κ1) is 15.7. The van der Waals surface area contributed by atoms with Crippen LogP contribution in [0.15, 0.2) is 54.6 Å². The van der Waals surface area contributed by atoms with Crippen molar-refractivity contribution in [2.24, 2.45) is 5.73 Å². The van der Waals surface area contributed by atoms with E-state index in [-0.39, 0.29) is 5.92 Å². The van der Waals surface area contributed by atoms with E-state index in [2.05, 4.69) is 18.3 Å². The quantitative estimate of drug-likeness (QED) is 0.858. The van der Waals surface area contributed by atoms with Gasteiger partial charge < -0.3 is 11.1 Å². The number of nitrogens with two attached hydrogens (primary N) is 1. The van der Waals surface area contributed by atoms with Gasteiger partial charge in [0.2, 0.25) is 5.91 Å². The highest BCUT2D eigenvalue weighted by atomic mass is 16.1. The van der Waals surface area contributed by atoms with Crippen LogP contribution in [0.2, 0.25) is 0 Å². The van der Waals surface area contributed by atoms with E-state index in [0.717, 1.165) is 11.1 Å². The molecule has 2 atom stereocenters. The van der Waals surface area contributed by atoms with Gasteiger partial charge in [-0.15, -0.1) is 0 Å². The fraction of sp³-hybridized carbons (Fsp3) is 0.222. The van der Waals surface area contributed by atoms with E-state index in [0.29, 0.717) is 12.1 Å². The summed E-state index contributed by atoms with van der Waals surface area (Å²) in [4.78, 5) is 11.7. The van der Waals surface area contributed by atoms with Gasteiger partial charge in [0.05, 0.1) is 11.6 Å². The third-order valence-corrected chi connectivity index (χ3v) is 3.65. The fourth-order valence-corrected chi connectivity index (χ4v) is 2.33. The van der Waals surface area contributed by atoms with Crippen LogP contribution >= 0.6 is 0 Å². The van der Waals surface area contributed by atoms with Gasteiger partial charge in [-0.05, 0) is 29.2 Å². The highest BCUT2D eigenvalue weighted by molar-refractivity contribution is 5.81. The van der Waals surface area contributed by atoms with Gasteiger partial charge in [-0.25, -0.2) is 0 Å². The van der Waals surface area contributed by atoms with Gasteiger partial charge in [0.25, 0.3) is 0 Å². The maximum absolute atomic E-state index is 11.7. The van der Waals surface area contributed by atoms with Crippen LogP contribution in [0.25, 0.3) is 0 Å². The van der Waals surface area contributed by atoms with Gasteiger partial charge in [0, 0.05) is 6.54 Å². The molecule has 4 heteroatoms. The first-order chi connectivity index (χ1) is 10.6. The Labute approximate surface area is 130 Å². The summed E-state index contributed by atoms with van der Waals surface area (Å²) >= 11 is 0. The summed E-state index contributed by atoms with van der Waals surface area (Å²) in [5.41, 5.74) is 8.11. The Kier molecular flexibility index (Phi) is 5.29. The minimum atomic E-state index is -0.498. The van der Waals surface area contributed by atoms with E-state index in [9.17, 15) is 4.79 Å². The van der Waals surface area contributed by atoms with Crippen LogP contribution in [0.5, 0.6) is 0 Å². The molecule has 0 bridgehead atoms. The van der Waals surface area contributed by atoms with Crippen molar-refractivity contribution in [3.8, 4) is 6.07 Å². The highest BCUT2D eigenvalue weighted by Crippen LogP contribution is 2.18. The molecule has 0 saturated carbocycles. The zero-order valence-electron chi connectivity index (χ0n) is 12.5. The first-order valence-electron chi connectivity index (χ1n) is 7.19. The van der Waals surface area contributed by atoms with Crippen molar-refractivity contribution in [2.75, 3.05) is 6.54 Å². The van der Waals surface area contributed by atoms with Crippen LogP contribution in [-0.4, -0.2) is 12.5 Å². The standard InChI is InChI=1S/C18H19N3O/c1-13(15-9-7-14(11-19)8-10-15)12-21-17(18(20)22)16-5-3-2-4-6-16/h2-10,13,17,21H,12H2,1H3,(H2,20,22)/t13-,17?/m1/s1. The summed E-state index contributed by atoms with van der Waals surface area (Å²) in [6.45, 7) is 2.69. The van der Waals surface area contributed by atoms with Crippen molar-refractivity contribution < 1.29 is 4.79 Å². The van der Waals surface area contributed by atoms with Gasteiger partial charge in [0.15, 0.2) is 0 Å². The Morgan fingerprint density at radius 1 is 1.14 bits per heavy atom. The molecule has 3 N–H and O–H groups in total. The van der Waals surface area contributed by atoms with Crippen LogP contribution in [0, 0.1) is 11.3 Å². The number of carbonyl (C=O) groups excluding carboxylic acids is 1. The van der Waals surface area contributed by atoms with Gasteiger partial charge in [-0.2, -0.15) is 5.26 Å². The molecule has 4 nitrogen and oxygen atoms in total. The lowest BCUT2D eigenvalue weighted by Crippen LogP contribution is -2.35. The number of hydrogen-bond acceptors (Lipinski definition) is 3. The van der Waals surface area contributed by atoms with Crippen LogP contribution in [0.3, 0.4) is 0 Å². The number of carbonyl (C=O) groups is 1. The van der Waals surface area contributed by atoms with Crippen molar-refractivity contribution in [1.29, 1.82) is 5.26 Å². The molecule has 0 aromatic heterocycles. The third-order valence-electron chi connectivity index (χ3n) is 3.65. The molecule has 0 fully saturated rings. The normalized spacial score (nSPS) is 13.1. The monoisotopic (exact) mass is 293 g/mol. The second-order valence-corrected chi connectivity index (χ2v) is 5.29. The summed E-state index contributed by atoms with van der Waals surface area (Å²) in [7, 11) is 0. The molecular formula is C18H19N3O. The molecule has 0 radical (unpaired) electrons. The maximum Gasteiger partial charge on any atom is 0.239 e. The lowest BCUT2D eigenvalue weighted by atomic mass is 9.99. The number of amides is 1. The number of benzene rings is 2. The largest absolute Gasteiger partial charge is 0.368 e. The van der Waals surface area contributed by atoms with Crippen LogP contribution in [0.1, 0.15) is 35.6 Å². The summed E-state index contributed by atoms with van der Waals surface area (Å²) in [5, 5.41) is 12.0. The van der Waals surface area contributed by atoms with Crippen LogP contribution in [-0.2, 0) is 4.79 Å². The zero-order chi connectivity index (χ0) is 15.9. The molecule has 0 aliphatic heterocycles. The average Bonchev–Trinajstić information content (AvgIpc) is 2.55. The Morgan fingerprint density at radius 3 is 2.32 bits per heavy atom. The predicted molar refractivity (Wildman–Crippen MR) is 86.0 cm³/mol. The third kappa shape index (κ3) is 3.94. The number of rotatable bonds is 6. The Bertz CT molecular complexity index is 659. The molecule has 0 heterocycles. The Hall–Kier alpha value is -2.64. The number of nitrogens with one attached hydrogen (secondary N) is 1. The first-order valence-corrected chi connectivity index (χ1v) is 7.19. The van der Waals surface area contributed by atoms with E-state index in [1.807, 2.05) is 42.5 Å². The topological polar surface area (TPSA) is 78.9 Å². The predicted octanol–water partition coefficient (Wildman–Crippen LogP) is 2.48. The average molecular weight is 293 g/mol. The zero-order valence-corrected chi connectivity index (χ0v) is 12.5. The summed E-state index contributed by atoms with van der Waals surface area (Å²) in [6.07, 6.45) is 0. The molecule has 0 aliphatic rings. The second-order valence-electron chi connectivity index (χ2n) is 5.29. The van der Waals surface area contributed by atoms with E-state index in [1.54, 1.807) is 12.1 Å². The van der Waals surface area contributed by atoms with Gasteiger partial charge in [-0.1, -0.05) is 49.4 Å². The van der Waals surface area contributed by atoms with Crippen LogP contribution < -0.4 is 11.1 Å². The minimum Gasteiger partial charge on any atom is -0.368 e. The van der Waals surface area contributed by atoms with Crippen LogP contribution in [0.4, 0.5) is 0 Å².